The van der Waals surface area contributed by atoms with Gasteiger partial charge in [-0.25, -0.2) is 0 Å². The number of rotatable bonds is 1. The lowest BCUT2D eigenvalue weighted by molar-refractivity contribution is 0.288. The quantitative estimate of drug-likeness (QED) is 0.722. The lowest BCUT2D eigenvalue weighted by Crippen LogP contribution is -2.10. The van der Waals surface area contributed by atoms with E-state index in [1.165, 1.54) is 25.7 Å². The second-order valence-corrected chi connectivity index (χ2v) is 4.11. The van der Waals surface area contributed by atoms with Crippen LogP contribution >= 0.6 is 0 Å². The number of nitrogen functional groups attached to an aromatic ring is 1. The second-order valence-electron chi connectivity index (χ2n) is 4.11. The van der Waals surface area contributed by atoms with Crippen LogP contribution in [0, 0.1) is 5.92 Å². The van der Waals surface area contributed by atoms with E-state index in [0.29, 0.717) is 11.7 Å². The van der Waals surface area contributed by atoms with Gasteiger partial charge in [-0.1, -0.05) is 24.9 Å². The summed E-state index contributed by atoms with van der Waals surface area (Å²) in [7, 11) is 0. The van der Waals surface area contributed by atoms with Gasteiger partial charge in [0, 0.05) is 12.0 Å². The first kappa shape index (κ1) is 8.60. The van der Waals surface area contributed by atoms with Crippen molar-refractivity contribution in [3.8, 4) is 0 Å². The number of aromatic nitrogens is 1. The minimum absolute atomic E-state index is 0.508. The predicted octanol–water partition coefficient (Wildman–Crippen LogP) is 2.55. The lowest BCUT2D eigenvalue weighted by atomic mass is 9.82. The first-order chi connectivity index (χ1) is 6.25. The van der Waals surface area contributed by atoms with E-state index in [9.17, 15) is 0 Å². The van der Waals surface area contributed by atoms with E-state index in [1.54, 1.807) is 0 Å². The van der Waals surface area contributed by atoms with Crippen LogP contribution in [0.4, 0.5) is 5.82 Å². The molecule has 72 valence electrons. The average Bonchev–Trinajstić information content (AvgIpc) is 2.53. The fraction of sp³-hybridized carbons (Fsp3) is 0.700. The van der Waals surface area contributed by atoms with E-state index in [1.807, 2.05) is 6.07 Å². The van der Waals surface area contributed by atoms with E-state index in [-0.39, 0.29) is 0 Å². The molecule has 2 N–H and O–H groups in total. The fourth-order valence-electron chi connectivity index (χ4n) is 2.04. The van der Waals surface area contributed by atoms with Gasteiger partial charge in [0.05, 0.1) is 0 Å². The summed E-state index contributed by atoms with van der Waals surface area (Å²) in [5.41, 5.74) is 5.51. The van der Waals surface area contributed by atoms with Crippen LogP contribution in [-0.4, -0.2) is 5.16 Å². The minimum Gasteiger partial charge on any atom is -0.381 e. The van der Waals surface area contributed by atoms with Crippen LogP contribution in [0.25, 0.3) is 0 Å². The van der Waals surface area contributed by atoms with Gasteiger partial charge < -0.3 is 10.3 Å². The molecule has 0 amide bonds. The first-order valence-corrected chi connectivity index (χ1v) is 4.98. The third-order valence-corrected chi connectivity index (χ3v) is 2.96. The number of hydrogen-bond donors (Lipinski definition) is 1. The molecule has 0 unspecified atom stereocenters. The maximum Gasteiger partial charge on any atom is 0.167 e. The van der Waals surface area contributed by atoms with Gasteiger partial charge >= 0.3 is 0 Å². The van der Waals surface area contributed by atoms with Crippen molar-refractivity contribution in [1.82, 2.24) is 5.16 Å². The van der Waals surface area contributed by atoms with Gasteiger partial charge in [-0.05, 0) is 18.8 Å². The summed E-state index contributed by atoms with van der Waals surface area (Å²) in [6.07, 6.45) is 5.03. The summed E-state index contributed by atoms with van der Waals surface area (Å²) in [6.45, 7) is 2.31. The minimum atomic E-state index is 0.508. The smallest absolute Gasteiger partial charge is 0.167 e. The Labute approximate surface area is 78.3 Å². The maximum atomic E-state index is 5.51. The summed E-state index contributed by atoms with van der Waals surface area (Å²) in [5.74, 6) is 2.91. The molecule has 3 heteroatoms. The number of nitrogens with zero attached hydrogens (tertiary/aromatic N) is 1. The van der Waals surface area contributed by atoms with E-state index in [0.717, 1.165) is 11.7 Å². The van der Waals surface area contributed by atoms with Crippen molar-refractivity contribution in [1.29, 1.82) is 0 Å². The van der Waals surface area contributed by atoms with Crippen LogP contribution in [0.15, 0.2) is 10.6 Å². The van der Waals surface area contributed by atoms with E-state index in [2.05, 4.69) is 12.1 Å². The van der Waals surface area contributed by atoms with Gasteiger partial charge in [0.2, 0.25) is 0 Å². The van der Waals surface area contributed by atoms with Crippen molar-refractivity contribution in [3.63, 3.8) is 0 Å². The predicted molar refractivity (Wildman–Crippen MR) is 51.3 cm³/mol. The molecule has 1 heterocycles. The Bertz CT molecular complexity index is 274. The molecule has 1 fully saturated rings. The largest absolute Gasteiger partial charge is 0.381 e. The lowest BCUT2D eigenvalue weighted by Gasteiger charge is -2.23. The molecular formula is C10H16N2O. The molecule has 1 saturated carbocycles. The Hall–Kier alpha value is -0.990. The number of hydrogen-bond acceptors (Lipinski definition) is 3. The van der Waals surface area contributed by atoms with Gasteiger partial charge in [-0.2, -0.15) is 0 Å². The zero-order valence-corrected chi connectivity index (χ0v) is 7.99. The molecule has 1 aromatic heterocycles. The number of anilines is 1. The van der Waals surface area contributed by atoms with Crippen molar-refractivity contribution in [3.05, 3.63) is 11.8 Å². The Morgan fingerprint density at radius 1 is 1.38 bits per heavy atom. The van der Waals surface area contributed by atoms with Crippen molar-refractivity contribution in [2.24, 2.45) is 5.92 Å². The summed E-state index contributed by atoms with van der Waals surface area (Å²) in [4.78, 5) is 0. The van der Waals surface area contributed by atoms with E-state index in [4.69, 9.17) is 10.3 Å². The topological polar surface area (TPSA) is 52.0 Å². The Morgan fingerprint density at radius 3 is 2.62 bits per heavy atom. The highest BCUT2D eigenvalue weighted by Gasteiger charge is 2.22. The van der Waals surface area contributed by atoms with Crippen LogP contribution < -0.4 is 5.73 Å². The van der Waals surface area contributed by atoms with Gasteiger partial charge in [0.25, 0.3) is 0 Å². The molecular weight excluding hydrogens is 164 g/mol. The molecule has 0 spiro atoms. The Kier molecular flexibility index (Phi) is 2.25. The monoisotopic (exact) mass is 180 g/mol. The van der Waals surface area contributed by atoms with E-state index < -0.39 is 0 Å². The molecule has 0 atom stereocenters. The Balaban J connectivity index is 2.02. The van der Waals surface area contributed by atoms with Crippen LogP contribution in [-0.2, 0) is 0 Å². The van der Waals surface area contributed by atoms with Gasteiger partial charge in [0.1, 0.15) is 5.76 Å². The van der Waals surface area contributed by atoms with Crippen LogP contribution in [0.1, 0.15) is 44.3 Å². The highest BCUT2D eigenvalue weighted by atomic mass is 16.5. The van der Waals surface area contributed by atoms with Crippen molar-refractivity contribution < 1.29 is 4.52 Å². The zero-order valence-electron chi connectivity index (χ0n) is 7.99. The van der Waals surface area contributed by atoms with E-state index >= 15 is 0 Å². The molecule has 1 aliphatic rings. The summed E-state index contributed by atoms with van der Waals surface area (Å²) < 4.78 is 5.16. The summed E-state index contributed by atoms with van der Waals surface area (Å²) in [5, 5.41) is 3.71. The molecule has 0 bridgehead atoms. The Morgan fingerprint density at radius 2 is 2.08 bits per heavy atom. The molecule has 0 saturated heterocycles. The normalized spacial score (nSPS) is 29.0. The van der Waals surface area contributed by atoms with Gasteiger partial charge in [-0.3, -0.25) is 0 Å². The third kappa shape index (κ3) is 1.85. The molecule has 1 aliphatic carbocycles. The molecule has 0 aliphatic heterocycles. The standard InChI is InChI=1S/C10H16N2O/c1-7-2-4-8(5-3-7)9-6-10(11)12-13-9/h6-8H,2-5H2,1H3,(H2,11,12). The van der Waals surface area contributed by atoms with Crippen LogP contribution in [0.2, 0.25) is 0 Å². The highest BCUT2D eigenvalue weighted by Crippen LogP contribution is 2.35. The molecule has 0 aromatic carbocycles. The highest BCUT2D eigenvalue weighted by molar-refractivity contribution is 5.28. The van der Waals surface area contributed by atoms with Gasteiger partial charge in [-0.15, -0.1) is 0 Å². The SMILES string of the molecule is CC1CCC(c2cc(N)no2)CC1. The molecule has 1 aromatic rings. The number of nitrogens with two attached hydrogens (primary N) is 1. The second kappa shape index (κ2) is 3.40. The van der Waals surface area contributed by atoms with Crippen LogP contribution in [0.3, 0.4) is 0 Å². The zero-order chi connectivity index (χ0) is 9.26. The third-order valence-electron chi connectivity index (χ3n) is 2.96. The average molecular weight is 180 g/mol. The maximum absolute atomic E-state index is 5.51. The van der Waals surface area contributed by atoms with Crippen LogP contribution in [0.5, 0.6) is 0 Å². The first-order valence-electron chi connectivity index (χ1n) is 4.98. The van der Waals surface area contributed by atoms with Gasteiger partial charge in [0.15, 0.2) is 5.82 Å². The molecule has 0 radical (unpaired) electrons. The summed E-state index contributed by atoms with van der Waals surface area (Å²) in [6, 6.07) is 1.86. The van der Waals surface area contributed by atoms with Crippen molar-refractivity contribution >= 4 is 5.82 Å². The van der Waals surface area contributed by atoms with Crippen molar-refractivity contribution in [2.45, 2.75) is 38.5 Å². The van der Waals surface area contributed by atoms with Crippen molar-refractivity contribution in [2.75, 3.05) is 5.73 Å². The molecule has 2 rings (SSSR count). The fourth-order valence-corrected chi connectivity index (χ4v) is 2.04. The summed E-state index contributed by atoms with van der Waals surface area (Å²) >= 11 is 0. The molecule has 13 heavy (non-hydrogen) atoms. The molecule has 3 nitrogen and oxygen atoms in total.